The fraction of sp³-hybridized carbons (Fsp3) is 0. The zero-order chi connectivity index (χ0) is 38.9. The van der Waals surface area contributed by atoms with Crippen molar-refractivity contribution in [3.05, 3.63) is 218 Å². The van der Waals surface area contributed by atoms with E-state index >= 15 is 0 Å². The smallest absolute Gasteiger partial charge is 0.143 e. The van der Waals surface area contributed by atoms with Crippen LogP contribution in [0.1, 0.15) is 0 Å². The predicted octanol–water partition coefficient (Wildman–Crippen LogP) is 15.8. The normalized spacial score (nSPS) is 11.7. The third kappa shape index (κ3) is 5.36. The Labute approximate surface area is 341 Å². The topological polar surface area (TPSA) is 21.3 Å². The third-order valence-corrected chi connectivity index (χ3v) is 12.0. The van der Waals surface area contributed by atoms with Gasteiger partial charge >= 0.3 is 0 Å². The molecule has 12 rings (SSSR count). The molecule has 0 aliphatic carbocycles. The molecule has 2 aromatic heterocycles. The highest BCUT2D eigenvalue weighted by Crippen LogP contribution is 2.42. The first-order chi connectivity index (χ1) is 29.3. The van der Waals surface area contributed by atoms with E-state index in [-0.39, 0.29) is 0 Å². The molecule has 12 aromatic rings. The number of anilines is 3. The van der Waals surface area contributed by atoms with Crippen molar-refractivity contribution >= 4 is 82.4 Å². The van der Waals surface area contributed by atoms with Gasteiger partial charge in [-0.15, -0.1) is 0 Å². The van der Waals surface area contributed by atoms with Crippen LogP contribution in [-0.2, 0) is 0 Å². The van der Waals surface area contributed by atoms with Gasteiger partial charge in [0.05, 0.1) is 16.7 Å². The van der Waals surface area contributed by atoms with Crippen LogP contribution in [0.15, 0.2) is 223 Å². The maximum atomic E-state index is 6.44. The molecule has 2 heterocycles. The predicted molar refractivity (Wildman–Crippen MR) is 249 cm³/mol. The van der Waals surface area contributed by atoms with E-state index in [0.717, 1.165) is 61.4 Å². The van der Waals surface area contributed by atoms with Crippen molar-refractivity contribution in [1.29, 1.82) is 0 Å². The number of hydrogen-bond donors (Lipinski definition) is 0. The lowest BCUT2D eigenvalue weighted by Crippen LogP contribution is -2.10. The number of para-hydroxylation sites is 5. The minimum atomic E-state index is 0.905. The quantitative estimate of drug-likeness (QED) is 0.158. The molecular formula is C56H36N2O. The summed E-state index contributed by atoms with van der Waals surface area (Å²) in [7, 11) is 0. The molecule has 59 heavy (non-hydrogen) atoms. The Hall–Kier alpha value is -7.88. The summed E-state index contributed by atoms with van der Waals surface area (Å²) in [6, 6.07) is 78.7. The van der Waals surface area contributed by atoms with Gasteiger partial charge in [-0.25, -0.2) is 0 Å². The molecule has 3 heteroatoms. The van der Waals surface area contributed by atoms with Crippen LogP contribution < -0.4 is 4.90 Å². The number of benzene rings is 10. The van der Waals surface area contributed by atoms with Crippen molar-refractivity contribution in [2.75, 3.05) is 4.90 Å². The Morgan fingerprint density at radius 1 is 0.339 bits per heavy atom. The van der Waals surface area contributed by atoms with Gasteiger partial charge in [0, 0.05) is 49.7 Å². The Kier molecular flexibility index (Phi) is 7.54. The van der Waals surface area contributed by atoms with Gasteiger partial charge < -0.3 is 13.9 Å². The Morgan fingerprint density at radius 3 is 1.58 bits per heavy atom. The minimum absolute atomic E-state index is 0.905. The van der Waals surface area contributed by atoms with Crippen LogP contribution in [0.4, 0.5) is 17.1 Å². The van der Waals surface area contributed by atoms with Gasteiger partial charge in [-0.3, -0.25) is 0 Å². The highest BCUT2D eigenvalue weighted by Gasteiger charge is 2.19. The van der Waals surface area contributed by atoms with Crippen molar-refractivity contribution < 1.29 is 4.42 Å². The van der Waals surface area contributed by atoms with Crippen molar-refractivity contribution in [2.24, 2.45) is 0 Å². The Balaban J connectivity index is 0.993. The van der Waals surface area contributed by atoms with Gasteiger partial charge in [0.15, 0.2) is 0 Å². The molecule has 0 bridgehead atoms. The average Bonchev–Trinajstić information content (AvgIpc) is 3.86. The summed E-state index contributed by atoms with van der Waals surface area (Å²) >= 11 is 0. The monoisotopic (exact) mass is 752 g/mol. The van der Waals surface area contributed by atoms with Crippen molar-refractivity contribution in [1.82, 2.24) is 4.57 Å². The first-order valence-corrected chi connectivity index (χ1v) is 20.2. The summed E-state index contributed by atoms with van der Waals surface area (Å²) in [6.45, 7) is 0. The third-order valence-electron chi connectivity index (χ3n) is 12.0. The lowest BCUT2D eigenvalue weighted by molar-refractivity contribution is 0.670. The van der Waals surface area contributed by atoms with Gasteiger partial charge in [-0.05, 0) is 93.3 Å². The number of furan rings is 1. The molecule has 10 aromatic carbocycles. The molecule has 276 valence electrons. The second-order valence-corrected chi connectivity index (χ2v) is 15.3. The van der Waals surface area contributed by atoms with Gasteiger partial charge in [0.25, 0.3) is 0 Å². The lowest BCUT2D eigenvalue weighted by atomic mass is 9.99. The van der Waals surface area contributed by atoms with E-state index in [4.69, 9.17) is 4.42 Å². The average molecular weight is 753 g/mol. The summed E-state index contributed by atoms with van der Waals surface area (Å²) in [5, 5.41) is 9.72. The van der Waals surface area contributed by atoms with E-state index < -0.39 is 0 Å². The van der Waals surface area contributed by atoms with E-state index in [2.05, 4.69) is 216 Å². The highest BCUT2D eigenvalue weighted by molar-refractivity contribution is 6.11. The van der Waals surface area contributed by atoms with Gasteiger partial charge in [-0.1, -0.05) is 158 Å². The Morgan fingerprint density at radius 2 is 0.847 bits per heavy atom. The molecule has 0 N–H and O–H groups in total. The van der Waals surface area contributed by atoms with Crippen molar-refractivity contribution in [3.63, 3.8) is 0 Å². The summed E-state index contributed by atoms with van der Waals surface area (Å²) in [5.41, 5.74) is 13.2. The van der Waals surface area contributed by atoms with Crippen molar-refractivity contribution in [3.8, 4) is 27.9 Å². The minimum Gasteiger partial charge on any atom is -0.455 e. The van der Waals surface area contributed by atoms with Gasteiger partial charge in [0.1, 0.15) is 11.2 Å². The lowest BCUT2D eigenvalue weighted by Gasteiger charge is -2.26. The van der Waals surface area contributed by atoms with E-state index in [1.165, 1.54) is 48.9 Å². The maximum absolute atomic E-state index is 6.44. The zero-order valence-electron chi connectivity index (χ0n) is 32.1. The van der Waals surface area contributed by atoms with Crippen LogP contribution in [0.25, 0.3) is 93.2 Å². The molecule has 0 saturated carbocycles. The van der Waals surface area contributed by atoms with Crippen LogP contribution in [0.5, 0.6) is 0 Å². The molecule has 0 radical (unpaired) electrons. The second-order valence-electron chi connectivity index (χ2n) is 15.3. The molecule has 0 atom stereocenters. The summed E-state index contributed by atoms with van der Waals surface area (Å²) in [6.07, 6.45) is 0. The first-order valence-electron chi connectivity index (χ1n) is 20.2. The standard InChI is InChI=1S/C56H36N2O/c1-2-13-44-37(12-1)24-25-40-30-35-43(36-51(40)44)57(42-33-28-39(29-34-42)46-18-11-19-50-49-17-6-10-23-55(49)59-56(46)50)41-31-26-38(27-32-41)45-14-3-7-20-52(45)58-53-21-8-4-15-47(53)48-16-5-9-22-54(48)58/h1-36H. The molecular weight excluding hydrogens is 717 g/mol. The molecule has 0 spiro atoms. The van der Waals surface area contributed by atoms with E-state index in [9.17, 15) is 0 Å². The second kappa shape index (κ2) is 13.4. The first kappa shape index (κ1) is 33.3. The SMILES string of the molecule is c1ccc(-n2c3ccccc3c3ccccc32)c(-c2ccc(N(c3ccc(-c4cccc5c4oc4ccccc45)cc3)c3ccc4ccc5ccccc5c4c3)cc2)c1. The fourth-order valence-corrected chi connectivity index (χ4v) is 9.23. The molecule has 3 nitrogen and oxygen atoms in total. The number of nitrogens with zero attached hydrogens (tertiary/aromatic N) is 2. The molecule has 0 amide bonds. The highest BCUT2D eigenvalue weighted by atomic mass is 16.3. The van der Waals surface area contributed by atoms with E-state index in [1.54, 1.807) is 0 Å². The number of aromatic nitrogens is 1. The summed E-state index contributed by atoms with van der Waals surface area (Å²) in [5.74, 6) is 0. The van der Waals surface area contributed by atoms with Crippen LogP contribution in [0, 0.1) is 0 Å². The summed E-state index contributed by atoms with van der Waals surface area (Å²) < 4.78 is 8.85. The fourth-order valence-electron chi connectivity index (χ4n) is 9.23. The van der Waals surface area contributed by atoms with Gasteiger partial charge in [-0.2, -0.15) is 0 Å². The number of hydrogen-bond acceptors (Lipinski definition) is 2. The zero-order valence-corrected chi connectivity index (χ0v) is 32.1. The molecule has 0 aliphatic heterocycles. The molecule has 0 aliphatic rings. The van der Waals surface area contributed by atoms with Crippen LogP contribution in [-0.4, -0.2) is 4.57 Å². The molecule has 0 saturated heterocycles. The van der Waals surface area contributed by atoms with Gasteiger partial charge in [0.2, 0.25) is 0 Å². The maximum Gasteiger partial charge on any atom is 0.143 e. The molecule has 0 fully saturated rings. The van der Waals surface area contributed by atoms with Crippen LogP contribution in [0.2, 0.25) is 0 Å². The molecule has 0 unspecified atom stereocenters. The van der Waals surface area contributed by atoms with E-state index in [1.807, 2.05) is 12.1 Å². The van der Waals surface area contributed by atoms with Crippen molar-refractivity contribution in [2.45, 2.75) is 0 Å². The number of fused-ring (bicyclic) bond motifs is 9. The van der Waals surface area contributed by atoms with E-state index in [0.29, 0.717) is 0 Å². The van der Waals surface area contributed by atoms with Crippen LogP contribution >= 0.6 is 0 Å². The summed E-state index contributed by atoms with van der Waals surface area (Å²) in [4.78, 5) is 2.37. The largest absolute Gasteiger partial charge is 0.455 e. The van der Waals surface area contributed by atoms with Crippen LogP contribution in [0.3, 0.4) is 0 Å². The number of rotatable bonds is 6. The Bertz CT molecular complexity index is 3500.